The Morgan fingerprint density at radius 1 is 1.58 bits per heavy atom. The van der Waals surface area contributed by atoms with Crippen LogP contribution in [0.4, 0.5) is 0 Å². The molecule has 66 valence electrons. The second kappa shape index (κ2) is 4.60. The molecule has 0 fully saturated rings. The van der Waals surface area contributed by atoms with Crippen molar-refractivity contribution in [2.24, 2.45) is 5.92 Å². The van der Waals surface area contributed by atoms with Crippen molar-refractivity contribution < 1.29 is 9.92 Å². The van der Waals surface area contributed by atoms with E-state index < -0.39 is 5.09 Å². The maximum absolute atomic E-state index is 9.80. The minimum atomic E-state index is -0.742. The molecule has 12 heavy (non-hydrogen) atoms. The Bertz CT molecular complexity index is 216. The zero-order valence-electron chi connectivity index (χ0n) is 6.78. The van der Waals surface area contributed by atoms with E-state index in [-0.39, 0.29) is 6.61 Å². The van der Waals surface area contributed by atoms with Gasteiger partial charge in [0.05, 0.1) is 6.61 Å². The summed E-state index contributed by atoms with van der Waals surface area (Å²) in [6.45, 7) is 0.208. The van der Waals surface area contributed by atoms with E-state index >= 15 is 0 Å². The fourth-order valence-electron chi connectivity index (χ4n) is 1.22. The van der Waals surface area contributed by atoms with Crippen LogP contribution in [0.25, 0.3) is 0 Å². The van der Waals surface area contributed by atoms with Gasteiger partial charge >= 0.3 is 0 Å². The monoisotopic (exact) mass is 169 g/mol. The molecule has 0 aromatic rings. The van der Waals surface area contributed by atoms with Crippen LogP contribution < -0.4 is 0 Å². The summed E-state index contributed by atoms with van der Waals surface area (Å²) >= 11 is 0. The molecule has 4 nitrogen and oxygen atoms in total. The van der Waals surface area contributed by atoms with Gasteiger partial charge in [-0.3, -0.25) is 0 Å². The maximum atomic E-state index is 9.80. The van der Waals surface area contributed by atoms with E-state index in [1.807, 2.05) is 0 Å². The summed E-state index contributed by atoms with van der Waals surface area (Å²) in [7, 11) is 0. The molecule has 1 aliphatic rings. The molecule has 1 aliphatic carbocycles. The summed E-state index contributed by atoms with van der Waals surface area (Å²) in [6, 6.07) is 0. The van der Waals surface area contributed by atoms with E-state index in [4.69, 9.17) is 0 Å². The topological polar surface area (TPSA) is 52.4 Å². The first-order valence-corrected chi connectivity index (χ1v) is 4.02. The van der Waals surface area contributed by atoms with E-state index in [0.29, 0.717) is 5.92 Å². The lowest BCUT2D eigenvalue weighted by atomic mass is 9.93. The Hall–Kier alpha value is -1.24. The Morgan fingerprint density at radius 3 is 3.00 bits per heavy atom. The van der Waals surface area contributed by atoms with Gasteiger partial charge in [0.15, 0.2) is 0 Å². The standard InChI is InChI=1S/C8H11NO3/c10-9(11)12-7-6-8-4-2-1-3-5-8/h8H,2,4-7H2. The Balaban J connectivity index is 2.08. The van der Waals surface area contributed by atoms with Crippen molar-refractivity contribution in [2.45, 2.75) is 25.7 Å². The molecular formula is C8H11NO3. The van der Waals surface area contributed by atoms with Crippen molar-refractivity contribution in [3.63, 3.8) is 0 Å². The molecule has 0 saturated carbocycles. The third-order valence-corrected chi connectivity index (χ3v) is 1.92. The Morgan fingerprint density at radius 2 is 2.42 bits per heavy atom. The SMILES string of the molecule is O=[N+]([O-])OCCC1CC#CCC1. The minimum Gasteiger partial charge on any atom is -0.314 e. The second-order valence-corrected chi connectivity index (χ2v) is 2.81. The van der Waals surface area contributed by atoms with Crippen LogP contribution in [0.3, 0.4) is 0 Å². The first-order valence-electron chi connectivity index (χ1n) is 4.02. The van der Waals surface area contributed by atoms with Crippen molar-refractivity contribution in [1.29, 1.82) is 0 Å². The normalized spacial score (nSPS) is 20.8. The molecule has 0 saturated heterocycles. The predicted octanol–water partition coefficient (Wildman–Crippen LogP) is 1.39. The van der Waals surface area contributed by atoms with Crippen LogP contribution in [0.1, 0.15) is 25.7 Å². The fraction of sp³-hybridized carbons (Fsp3) is 0.750. The molecule has 0 spiro atoms. The molecule has 0 N–H and O–H groups in total. The van der Waals surface area contributed by atoms with Gasteiger partial charge in [-0.05, 0) is 18.8 Å². The zero-order chi connectivity index (χ0) is 8.81. The average molecular weight is 169 g/mol. The molecule has 0 aliphatic heterocycles. The molecule has 0 aromatic heterocycles. The number of nitrogens with zero attached hydrogens (tertiary/aromatic N) is 1. The van der Waals surface area contributed by atoms with Gasteiger partial charge in [-0.15, -0.1) is 22.0 Å². The smallest absolute Gasteiger partial charge is 0.294 e. The van der Waals surface area contributed by atoms with Gasteiger partial charge in [0.2, 0.25) is 0 Å². The van der Waals surface area contributed by atoms with Gasteiger partial charge < -0.3 is 4.84 Å². The minimum absolute atomic E-state index is 0.208. The molecule has 0 amide bonds. The van der Waals surface area contributed by atoms with Gasteiger partial charge in [-0.2, -0.15) is 0 Å². The Labute approximate surface area is 71.0 Å². The molecule has 4 heteroatoms. The van der Waals surface area contributed by atoms with Crippen molar-refractivity contribution >= 4 is 0 Å². The molecule has 1 atom stereocenters. The summed E-state index contributed by atoms with van der Waals surface area (Å²) in [6.07, 6.45) is 3.58. The summed E-state index contributed by atoms with van der Waals surface area (Å²) in [5, 5.41) is 9.05. The third kappa shape index (κ3) is 3.24. The summed E-state index contributed by atoms with van der Waals surface area (Å²) in [4.78, 5) is 14.0. The highest BCUT2D eigenvalue weighted by Gasteiger charge is 2.09. The second-order valence-electron chi connectivity index (χ2n) is 2.81. The predicted molar refractivity (Wildman–Crippen MR) is 42.7 cm³/mol. The highest BCUT2D eigenvalue weighted by Crippen LogP contribution is 2.17. The van der Waals surface area contributed by atoms with Crippen LogP contribution in [0.15, 0.2) is 0 Å². The lowest BCUT2D eigenvalue weighted by Crippen LogP contribution is -2.09. The first-order chi connectivity index (χ1) is 5.79. The molecule has 0 aromatic carbocycles. The van der Waals surface area contributed by atoms with E-state index in [2.05, 4.69) is 16.7 Å². The van der Waals surface area contributed by atoms with Gasteiger partial charge in [-0.1, -0.05) is 0 Å². The van der Waals surface area contributed by atoms with Crippen molar-refractivity contribution in [3.8, 4) is 11.8 Å². The number of hydrogen-bond acceptors (Lipinski definition) is 3. The summed E-state index contributed by atoms with van der Waals surface area (Å²) in [5.41, 5.74) is 0. The van der Waals surface area contributed by atoms with Crippen molar-refractivity contribution in [2.75, 3.05) is 6.61 Å². The van der Waals surface area contributed by atoms with Crippen LogP contribution >= 0.6 is 0 Å². The van der Waals surface area contributed by atoms with E-state index in [1.54, 1.807) is 0 Å². The summed E-state index contributed by atoms with van der Waals surface area (Å²) < 4.78 is 0. The van der Waals surface area contributed by atoms with Crippen molar-refractivity contribution in [3.05, 3.63) is 10.1 Å². The maximum Gasteiger partial charge on any atom is 0.294 e. The molecule has 0 radical (unpaired) electrons. The van der Waals surface area contributed by atoms with Gasteiger partial charge in [0, 0.05) is 12.8 Å². The zero-order valence-corrected chi connectivity index (χ0v) is 6.78. The fourth-order valence-corrected chi connectivity index (χ4v) is 1.22. The largest absolute Gasteiger partial charge is 0.314 e. The van der Waals surface area contributed by atoms with E-state index in [9.17, 15) is 10.1 Å². The first kappa shape index (κ1) is 8.85. The van der Waals surface area contributed by atoms with Gasteiger partial charge in [-0.25, -0.2) is 0 Å². The number of rotatable bonds is 4. The van der Waals surface area contributed by atoms with Crippen molar-refractivity contribution in [1.82, 2.24) is 0 Å². The summed E-state index contributed by atoms with van der Waals surface area (Å²) in [5.74, 6) is 6.48. The lowest BCUT2D eigenvalue weighted by Gasteiger charge is -2.13. The Kier molecular flexibility index (Phi) is 3.39. The van der Waals surface area contributed by atoms with Gasteiger partial charge in [0.1, 0.15) is 0 Å². The molecule has 0 heterocycles. The van der Waals surface area contributed by atoms with Gasteiger partial charge in [0.25, 0.3) is 5.09 Å². The third-order valence-electron chi connectivity index (χ3n) is 1.92. The highest BCUT2D eigenvalue weighted by molar-refractivity contribution is 5.04. The van der Waals surface area contributed by atoms with Crippen LogP contribution in [-0.4, -0.2) is 11.7 Å². The van der Waals surface area contributed by atoms with Crippen LogP contribution in [0.5, 0.6) is 0 Å². The average Bonchev–Trinajstić information content (AvgIpc) is 2.05. The molecule has 1 rings (SSSR count). The molecular weight excluding hydrogens is 158 g/mol. The van der Waals surface area contributed by atoms with E-state index in [0.717, 1.165) is 25.7 Å². The highest BCUT2D eigenvalue weighted by atomic mass is 16.9. The van der Waals surface area contributed by atoms with E-state index in [1.165, 1.54) is 0 Å². The van der Waals surface area contributed by atoms with Crippen LogP contribution in [0.2, 0.25) is 0 Å². The lowest BCUT2D eigenvalue weighted by molar-refractivity contribution is -0.758. The quantitative estimate of drug-likeness (QED) is 0.363. The van der Waals surface area contributed by atoms with Crippen LogP contribution in [0, 0.1) is 27.9 Å². The number of hydrogen-bond donors (Lipinski definition) is 0. The molecule has 1 unspecified atom stereocenters. The van der Waals surface area contributed by atoms with Crippen LogP contribution in [-0.2, 0) is 4.84 Å². The molecule has 0 bridgehead atoms.